The highest BCUT2D eigenvalue weighted by molar-refractivity contribution is 5.98. The predicted molar refractivity (Wildman–Crippen MR) is 288 cm³/mol. The topological polar surface area (TPSA) is 50.9 Å². The zero-order valence-corrected chi connectivity index (χ0v) is 40.8. The Morgan fingerprint density at radius 1 is 0.544 bits per heavy atom. The highest BCUT2D eigenvalue weighted by Gasteiger charge is 2.27. The molecule has 2 aromatic heterocycles. The molecular weight excluding hydrogens is 827 g/mol. The van der Waals surface area contributed by atoms with Crippen molar-refractivity contribution in [1.29, 1.82) is 0 Å². The fourth-order valence-corrected chi connectivity index (χ4v) is 9.04. The van der Waals surface area contributed by atoms with Crippen LogP contribution in [0.1, 0.15) is 125 Å². The highest BCUT2D eigenvalue weighted by atomic mass is 16.3. The van der Waals surface area contributed by atoms with E-state index in [2.05, 4.69) is 71.9 Å². The molecule has 9 aromatic rings. The minimum absolute atomic E-state index is 0.138. The summed E-state index contributed by atoms with van der Waals surface area (Å²) in [4.78, 5) is 10.5. The first-order valence-corrected chi connectivity index (χ1v) is 23.4. The Hall–Kier alpha value is -7.04. The van der Waals surface area contributed by atoms with E-state index in [9.17, 15) is 7.85 Å². The predicted octanol–water partition coefficient (Wildman–Crippen LogP) is 17.6. The standard InChI is InChI=1S/C64H65N3O/c1-39(2)47-35-53(40(3)4)61(68)56(36-47)62-66-60-52(48-32-49(34-51(33-48)64(10,11)12)57-37-46(29-30-65-57)43-23-21-41(5)22-24-43)19-16-20-58(60)67(62)59-38-54(44-17-14-13-15-18-44)42(6)31-55(59)45-25-27-50(28-26-45)63(7,8)9/h13-40,68H,1-12H3/i5D3,6D3,39D,40D. The summed E-state index contributed by atoms with van der Waals surface area (Å²) >= 11 is 0. The Labute approximate surface area is 415 Å². The number of nitrogens with zero attached hydrogens (tertiary/aromatic N) is 3. The molecule has 2 heterocycles. The third-order valence-electron chi connectivity index (χ3n) is 13.1. The molecule has 0 radical (unpaired) electrons. The second-order valence-electron chi connectivity index (χ2n) is 20.5. The molecule has 68 heavy (non-hydrogen) atoms. The quantitative estimate of drug-likeness (QED) is 0.157. The molecule has 0 amide bonds. The number of pyridine rings is 1. The van der Waals surface area contributed by atoms with Crippen molar-refractivity contribution in [2.24, 2.45) is 0 Å². The van der Waals surface area contributed by atoms with Gasteiger partial charge in [-0.25, -0.2) is 4.98 Å². The summed E-state index contributed by atoms with van der Waals surface area (Å²) in [5.74, 6) is -2.21. The van der Waals surface area contributed by atoms with Gasteiger partial charge in [0.15, 0.2) is 0 Å². The molecule has 0 aliphatic rings. The maximum atomic E-state index is 12.6. The number of phenolic OH excluding ortho intramolecular Hbond substituents is 1. The van der Waals surface area contributed by atoms with E-state index in [1.54, 1.807) is 64.2 Å². The summed E-state index contributed by atoms with van der Waals surface area (Å²) in [6.45, 7) is 15.2. The molecule has 7 aromatic carbocycles. The molecule has 4 heteroatoms. The van der Waals surface area contributed by atoms with E-state index in [-0.39, 0.29) is 27.7 Å². The number of imidazole rings is 1. The fraction of sp³-hybridized carbons (Fsp3) is 0.250. The van der Waals surface area contributed by atoms with Crippen molar-refractivity contribution in [2.75, 3.05) is 0 Å². The zero-order chi connectivity index (χ0) is 55.1. The smallest absolute Gasteiger partial charge is 0.149 e. The van der Waals surface area contributed by atoms with E-state index in [0.717, 1.165) is 50.2 Å². The molecule has 0 saturated heterocycles. The lowest BCUT2D eigenvalue weighted by Crippen LogP contribution is -2.11. The third kappa shape index (κ3) is 8.93. The lowest BCUT2D eigenvalue weighted by atomic mass is 9.83. The molecule has 9 rings (SSSR count). The Kier molecular flexibility index (Phi) is 9.73. The van der Waals surface area contributed by atoms with Crippen LogP contribution in [0.25, 0.3) is 83.9 Å². The molecule has 0 unspecified atom stereocenters. The molecule has 0 bridgehead atoms. The molecule has 4 nitrogen and oxygen atoms in total. The van der Waals surface area contributed by atoms with E-state index in [0.29, 0.717) is 55.9 Å². The number of hydrogen-bond acceptors (Lipinski definition) is 3. The van der Waals surface area contributed by atoms with Crippen LogP contribution in [0.15, 0.2) is 158 Å². The van der Waals surface area contributed by atoms with Crippen LogP contribution >= 0.6 is 0 Å². The summed E-state index contributed by atoms with van der Waals surface area (Å²) in [7, 11) is 0. The van der Waals surface area contributed by atoms with Gasteiger partial charge in [0, 0.05) is 33.9 Å². The van der Waals surface area contributed by atoms with Gasteiger partial charge < -0.3 is 5.11 Å². The van der Waals surface area contributed by atoms with Crippen LogP contribution in [0.5, 0.6) is 5.75 Å². The van der Waals surface area contributed by atoms with E-state index >= 15 is 0 Å². The molecule has 0 fully saturated rings. The number of aromatic hydroxyl groups is 1. The summed E-state index contributed by atoms with van der Waals surface area (Å²) in [6, 6.07) is 48.3. The Bertz CT molecular complexity index is 3640. The molecule has 0 spiro atoms. The van der Waals surface area contributed by atoms with Crippen LogP contribution in [0, 0.1) is 13.7 Å². The average molecular weight is 900 g/mol. The van der Waals surface area contributed by atoms with Gasteiger partial charge in [0.05, 0.1) is 28.0 Å². The minimum Gasteiger partial charge on any atom is -0.507 e. The average Bonchev–Trinajstić information content (AvgIpc) is 3.80. The number of benzene rings is 7. The van der Waals surface area contributed by atoms with Crippen LogP contribution in [0.3, 0.4) is 0 Å². The van der Waals surface area contributed by atoms with Crippen LogP contribution in [0.2, 0.25) is 0 Å². The van der Waals surface area contributed by atoms with Gasteiger partial charge in [-0.2, -0.15) is 0 Å². The van der Waals surface area contributed by atoms with Gasteiger partial charge in [-0.15, -0.1) is 0 Å². The van der Waals surface area contributed by atoms with Gasteiger partial charge in [0.2, 0.25) is 0 Å². The third-order valence-corrected chi connectivity index (χ3v) is 13.1. The monoisotopic (exact) mass is 900 g/mol. The summed E-state index contributed by atoms with van der Waals surface area (Å²) in [6.07, 6.45) is 1.76. The van der Waals surface area contributed by atoms with Crippen molar-refractivity contribution in [2.45, 2.75) is 106 Å². The van der Waals surface area contributed by atoms with Crippen LogP contribution in [-0.2, 0) is 10.8 Å². The first kappa shape index (κ1) is 37.0. The lowest BCUT2D eigenvalue weighted by molar-refractivity contribution is 0.466. The van der Waals surface area contributed by atoms with Crippen molar-refractivity contribution in [3.63, 3.8) is 0 Å². The van der Waals surface area contributed by atoms with E-state index < -0.39 is 25.5 Å². The first-order chi connectivity index (χ1) is 35.4. The first-order valence-electron chi connectivity index (χ1n) is 27.4. The van der Waals surface area contributed by atoms with Gasteiger partial charge in [0.25, 0.3) is 0 Å². The number of aryl methyl sites for hydroxylation is 2. The Morgan fingerprint density at radius 3 is 1.90 bits per heavy atom. The second kappa shape index (κ2) is 17.9. The molecule has 0 aliphatic carbocycles. The Morgan fingerprint density at radius 2 is 1.24 bits per heavy atom. The van der Waals surface area contributed by atoms with Crippen LogP contribution < -0.4 is 0 Å². The summed E-state index contributed by atoms with van der Waals surface area (Å²) < 4.78 is 71.1. The van der Waals surface area contributed by atoms with Crippen molar-refractivity contribution < 1.29 is 16.1 Å². The van der Waals surface area contributed by atoms with Gasteiger partial charge in [-0.05, 0) is 146 Å². The van der Waals surface area contributed by atoms with Gasteiger partial charge >= 0.3 is 0 Å². The van der Waals surface area contributed by atoms with Gasteiger partial charge in [-0.3, -0.25) is 9.55 Å². The fourth-order valence-electron chi connectivity index (χ4n) is 9.04. The normalized spacial score (nSPS) is 14.6. The SMILES string of the molecule is [2H]C([2H])([2H])c1ccc(-c2ccnc(-c3cc(-c4cccc5c4nc(-c4cc(C([2H])(C)C)cc(C([2H])(C)C)c4O)n5-c4cc(-c5ccccc5)c(C([2H])([2H])[2H])cc4-c4ccc(C(C)(C)C)cc4)cc(C(C)(C)C)c3)c2)cc1. The van der Waals surface area contributed by atoms with Crippen molar-refractivity contribution in [1.82, 2.24) is 14.5 Å². The maximum absolute atomic E-state index is 12.6. The number of phenols is 1. The second-order valence-corrected chi connectivity index (χ2v) is 20.5. The van der Waals surface area contributed by atoms with E-state index in [4.69, 9.17) is 18.2 Å². The highest BCUT2D eigenvalue weighted by Crippen LogP contribution is 2.46. The number of rotatable bonds is 9. The van der Waals surface area contributed by atoms with Crippen molar-refractivity contribution >= 4 is 11.0 Å². The molecule has 1 N–H and O–H groups in total. The van der Waals surface area contributed by atoms with Gasteiger partial charge in [0.1, 0.15) is 11.6 Å². The zero-order valence-electron chi connectivity index (χ0n) is 48.8. The summed E-state index contributed by atoms with van der Waals surface area (Å²) in [5, 5.41) is 12.6. The lowest BCUT2D eigenvalue weighted by Gasteiger charge is -2.22. The van der Waals surface area contributed by atoms with Crippen molar-refractivity contribution in [3.8, 4) is 78.6 Å². The number of fused-ring (bicyclic) bond motifs is 1. The maximum Gasteiger partial charge on any atom is 0.149 e. The van der Waals surface area contributed by atoms with Crippen LogP contribution in [-0.4, -0.2) is 19.6 Å². The summed E-state index contributed by atoms with van der Waals surface area (Å²) in [5.41, 5.74) is 12.9. The van der Waals surface area contributed by atoms with E-state index in [1.165, 1.54) is 0 Å². The molecule has 0 aliphatic heterocycles. The number of aromatic nitrogens is 3. The minimum atomic E-state index is -2.51. The molecule has 0 saturated carbocycles. The van der Waals surface area contributed by atoms with Crippen molar-refractivity contribution in [3.05, 3.63) is 191 Å². The largest absolute Gasteiger partial charge is 0.507 e. The molecular formula is C64H65N3O. The van der Waals surface area contributed by atoms with E-state index in [1.807, 2.05) is 95.6 Å². The molecule has 342 valence electrons. The Balaban J connectivity index is 1.39. The number of hydrogen-bond donors (Lipinski definition) is 1. The van der Waals surface area contributed by atoms with Gasteiger partial charge in [-0.1, -0.05) is 178 Å². The number of para-hydroxylation sites is 1. The molecule has 0 atom stereocenters. The van der Waals surface area contributed by atoms with Crippen LogP contribution in [0.4, 0.5) is 0 Å².